The Morgan fingerprint density at radius 3 is 2.12 bits per heavy atom. The molecule has 0 saturated carbocycles. The molecule has 0 aromatic heterocycles. The van der Waals surface area contributed by atoms with Gasteiger partial charge in [0, 0.05) is 10.7 Å². The minimum atomic E-state index is -4.49. The van der Waals surface area contributed by atoms with Gasteiger partial charge in [0.25, 0.3) is 0 Å². The maximum Gasteiger partial charge on any atom is 0.416 e. The van der Waals surface area contributed by atoms with Gasteiger partial charge in [0.1, 0.15) is 12.3 Å². The molecule has 5 rings (SSSR count). The van der Waals surface area contributed by atoms with Crippen molar-refractivity contribution in [3.8, 4) is 5.75 Å². The first-order chi connectivity index (χ1) is 20.0. The van der Waals surface area contributed by atoms with Crippen LogP contribution in [0.1, 0.15) is 22.3 Å². The predicted octanol–water partition coefficient (Wildman–Crippen LogP) is 7.60. The Balaban J connectivity index is 1.51. The zero-order valence-corrected chi connectivity index (χ0v) is 22.5. The van der Waals surface area contributed by atoms with Crippen LogP contribution in [-0.2, 0) is 16.4 Å². The van der Waals surface area contributed by atoms with E-state index >= 15 is 0 Å². The maximum atomic E-state index is 13.0. The Hall–Kier alpha value is -4.44. The van der Waals surface area contributed by atoms with E-state index in [9.17, 15) is 26.7 Å². The average molecular weight is 600 g/mol. The normalized spacial score (nSPS) is 16.8. The number of alkyl halides is 5. The summed E-state index contributed by atoms with van der Waals surface area (Å²) in [5.74, 6) is -0.494. The van der Waals surface area contributed by atoms with Crippen molar-refractivity contribution in [2.45, 2.75) is 18.2 Å². The van der Waals surface area contributed by atoms with Crippen LogP contribution in [0.3, 0.4) is 0 Å². The number of carbonyl (C=O) groups excluding carboxylic acids is 1. The van der Waals surface area contributed by atoms with Crippen molar-refractivity contribution in [3.05, 3.63) is 130 Å². The monoisotopic (exact) mass is 599 g/mol. The fourth-order valence-corrected chi connectivity index (χ4v) is 5.11. The zero-order chi connectivity index (χ0) is 29.9. The zero-order valence-electron chi connectivity index (χ0n) is 21.8. The lowest BCUT2D eigenvalue weighted by Gasteiger charge is -2.33. The van der Waals surface area contributed by atoms with Crippen molar-refractivity contribution in [3.63, 3.8) is 0 Å². The standard InChI is InChI=1S/C31H23ClF5N3O2/c32-24-12-6-20(7-13-24)28-30(21-4-2-1-3-5-21,22-10-16-26(17-11-22)42-29(33)34)19-40(39-28)18-27(41)38-25-14-8-23(9-15-25)31(35,36)37/h1-17,29H,18-19H2,(H,38,41). The molecule has 0 radical (unpaired) electrons. The van der Waals surface area contributed by atoms with E-state index in [-0.39, 0.29) is 24.5 Å². The third kappa shape index (κ3) is 6.23. The molecule has 1 heterocycles. The van der Waals surface area contributed by atoms with Gasteiger partial charge < -0.3 is 10.1 Å². The van der Waals surface area contributed by atoms with Gasteiger partial charge in [-0.15, -0.1) is 0 Å². The lowest BCUT2D eigenvalue weighted by Crippen LogP contribution is -2.41. The minimum absolute atomic E-state index is 0.00674. The lowest BCUT2D eigenvalue weighted by molar-refractivity contribution is -0.137. The summed E-state index contributed by atoms with van der Waals surface area (Å²) in [5, 5.41) is 9.55. The first kappa shape index (κ1) is 29.1. The summed E-state index contributed by atoms with van der Waals surface area (Å²) >= 11 is 6.15. The molecule has 11 heteroatoms. The Morgan fingerprint density at radius 2 is 1.52 bits per heavy atom. The highest BCUT2D eigenvalue weighted by Gasteiger charge is 2.46. The number of hydrazone groups is 1. The quantitative estimate of drug-likeness (QED) is 0.212. The SMILES string of the molecule is O=C(CN1CC(c2ccccc2)(c2ccc(OC(F)F)cc2)C(c2ccc(Cl)cc2)=N1)Nc1ccc(C(F)(F)F)cc1. The highest BCUT2D eigenvalue weighted by molar-refractivity contribution is 6.30. The van der Waals surface area contributed by atoms with Crippen LogP contribution in [0.4, 0.5) is 27.6 Å². The Labute approximate surface area is 243 Å². The third-order valence-electron chi connectivity index (χ3n) is 6.84. The first-order valence-corrected chi connectivity index (χ1v) is 13.1. The molecule has 0 spiro atoms. The van der Waals surface area contributed by atoms with Gasteiger partial charge in [0.05, 0.1) is 23.2 Å². The van der Waals surface area contributed by atoms with Crippen molar-refractivity contribution in [1.29, 1.82) is 0 Å². The van der Waals surface area contributed by atoms with Crippen molar-refractivity contribution in [2.75, 3.05) is 18.4 Å². The van der Waals surface area contributed by atoms with Gasteiger partial charge in [-0.2, -0.15) is 27.1 Å². The molecule has 0 saturated heterocycles. The van der Waals surface area contributed by atoms with E-state index < -0.39 is 29.7 Å². The van der Waals surface area contributed by atoms with Crippen molar-refractivity contribution >= 4 is 28.9 Å². The number of hydrogen-bond acceptors (Lipinski definition) is 4. The molecule has 216 valence electrons. The summed E-state index contributed by atoms with van der Waals surface area (Å²) in [6.45, 7) is -2.99. The third-order valence-corrected chi connectivity index (χ3v) is 7.10. The highest BCUT2D eigenvalue weighted by Crippen LogP contribution is 2.42. The number of benzene rings is 4. The van der Waals surface area contributed by atoms with Crippen molar-refractivity contribution < 1.29 is 31.5 Å². The first-order valence-electron chi connectivity index (χ1n) is 12.7. The van der Waals surface area contributed by atoms with Gasteiger partial charge in [0.2, 0.25) is 5.91 Å². The van der Waals surface area contributed by atoms with E-state index in [0.29, 0.717) is 10.7 Å². The summed E-state index contributed by atoms with van der Waals surface area (Å²) in [6.07, 6.45) is -4.49. The molecule has 5 nitrogen and oxygen atoms in total. The van der Waals surface area contributed by atoms with Gasteiger partial charge in [-0.3, -0.25) is 9.80 Å². The minimum Gasteiger partial charge on any atom is -0.435 e. The largest absolute Gasteiger partial charge is 0.435 e. The van der Waals surface area contributed by atoms with Crippen LogP contribution in [0, 0.1) is 0 Å². The second kappa shape index (κ2) is 11.8. The van der Waals surface area contributed by atoms with Gasteiger partial charge in [0.15, 0.2) is 0 Å². The van der Waals surface area contributed by atoms with Gasteiger partial charge in [-0.25, -0.2) is 0 Å². The van der Waals surface area contributed by atoms with Gasteiger partial charge in [-0.1, -0.05) is 66.2 Å². The number of amides is 1. The van der Waals surface area contributed by atoms with E-state index in [4.69, 9.17) is 16.7 Å². The highest BCUT2D eigenvalue weighted by atomic mass is 35.5. The molecule has 1 unspecified atom stereocenters. The number of halogens is 6. The molecule has 42 heavy (non-hydrogen) atoms. The van der Waals surface area contributed by atoms with Crippen LogP contribution >= 0.6 is 11.6 Å². The number of nitrogens with zero attached hydrogens (tertiary/aromatic N) is 2. The second-order valence-corrected chi connectivity index (χ2v) is 10.0. The fraction of sp³-hybridized carbons (Fsp3) is 0.161. The molecule has 1 aliphatic rings. The summed E-state index contributed by atoms with van der Waals surface area (Å²) in [7, 11) is 0. The summed E-state index contributed by atoms with van der Waals surface area (Å²) in [5.41, 5.74) is 1.32. The number of carbonyl (C=O) groups is 1. The summed E-state index contributed by atoms with van der Waals surface area (Å²) in [6, 6.07) is 26.9. The smallest absolute Gasteiger partial charge is 0.416 e. The van der Waals surface area contributed by atoms with E-state index in [0.717, 1.165) is 28.8 Å². The van der Waals surface area contributed by atoms with Crippen molar-refractivity contribution in [2.24, 2.45) is 5.10 Å². The van der Waals surface area contributed by atoms with Crippen LogP contribution in [-0.4, -0.2) is 36.3 Å². The van der Waals surface area contributed by atoms with Gasteiger partial charge >= 0.3 is 12.8 Å². The number of hydrogen-bond donors (Lipinski definition) is 1. The topological polar surface area (TPSA) is 53.9 Å². The Kier molecular flexibility index (Phi) is 8.17. The predicted molar refractivity (Wildman–Crippen MR) is 150 cm³/mol. The van der Waals surface area contributed by atoms with E-state index in [1.807, 2.05) is 30.3 Å². The second-order valence-electron chi connectivity index (χ2n) is 9.58. The molecule has 1 aliphatic heterocycles. The number of nitrogens with one attached hydrogen (secondary N) is 1. The van der Waals surface area contributed by atoms with Gasteiger partial charge in [-0.05, 0) is 65.2 Å². The molecule has 4 aromatic rings. The van der Waals surface area contributed by atoms with Crippen LogP contribution < -0.4 is 10.1 Å². The molecule has 4 aromatic carbocycles. The number of rotatable bonds is 8. The molecule has 0 aliphatic carbocycles. The maximum absolute atomic E-state index is 13.0. The summed E-state index contributed by atoms with van der Waals surface area (Å²) in [4.78, 5) is 13.0. The number of ether oxygens (including phenoxy) is 1. The molecule has 1 atom stereocenters. The Bertz CT molecular complexity index is 1560. The van der Waals surface area contributed by atoms with Crippen LogP contribution in [0.25, 0.3) is 0 Å². The summed E-state index contributed by atoms with van der Waals surface area (Å²) < 4.78 is 69.0. The van der Waals surface area contributed by atoms with E-state index in [1.54, 1.807) is 41.4 Å². The van der Waals surface area contributed by atoms with Crippen molar-refractivity contribution in [1.82, 2.24) is 5.01 Å². The average Bonchev–Trinajstić information content (AvgIpc) is 3.33. The van der Waals surface area contributed by atoms with Crippen LogP contribution in [0.5, 0.6) is 5.75 Å². The molecule has 0 fully saturated rings. The molecular weight excluding hydrogens is 577 g/mol. The van der Waals surface area contributed by atoms with E-state index in [1.165, 1.54) is 24.3 Å². The molecule has 1 amide bonds. The molecule has 1 N–H and O–H groups in total. The fourth-order valence-electron chi connectivity index (χ4n) is 4.99. The van der Waals surface area contributed by atoms with E-state index in [2.05, 4.69) is 10.1 Å². The molecular formula is C31H23ClF5N3O2. The number of anilines is 1. The Morgan fingerprint density at radius 1 is 0.905 bits per heavy atom. The molecule has 0 bridgehead atoms. The lowest BCUT2D eigenvalue weighted by atomic mass is 9.69. The van der Waals surface area contributed by atoms with Crippen LogP contribution in [0.15, 0.2) is 108 Å². The van der Waals surface area contributed by atoms with Crippen LogP contribution in [0.2, 0.25) is 5.02 Å².